The number of aliphatic hydroxyl groups is 1. The molecule has 0 heterocycles. The van der Waals surface area contributed by atoms with Gasteiger partial charge >= 0.3 is 5.97 Å². The number of hydrogen-bond acceptors (Lipinski definition) is 3. The molecule has 16 heavy (non-hydrogen) atoms. The fraction of sp³-hybridized carbons (Fsp3) is 0.364. The molecule has 0 aliphatic carbocycles. The Morgan fingerprint density at radius 3 is 2.12 bits per heavy atom. The monoisotopic (exact) mass is 244 g/mol. The summed E-state index contributed by atoms with van der Waals surface area (Å²) >= 11 is 5.99. The van der Waals surface area contributed by atoms with Crippen LogP contribution in [0.1, 0.15) is 28.4 Å². The van der Waals surface area contributed by atoms with Crippen molar-refractivity contribution >= 4 is 17.6 Å². The van der Waals surface area contributed by atoms with E-state index >= 15 is 0 Å². The Balaban J connectivity index is 3.57. The Morgan fingerprint density at radius 1 is 1.19 bits per heavy atom. The number of benzene rings is 1. The van der Waals surface area contributed by atoms with Gasteiger partial charge in [0.25, 0.3) is 0 Å². The van der Waals surface area contributed by atoms with Crippen LogP contribution in [0.2, 0.25) is 5.02 Å². The molecule has 1 aromatic rings. The van der Waals surface area contributed by atoms with Gasteiger partial charge in [-0.25, -0.2) is 4.79 Å². The number of aliphatic hydroxyl groups excluding tert-OH is 1. The number of phenols is 1. The zero-order valence-electron chi connectivity index (χ0n) is 9.21. The van der Waals surface area contributed by atoms with Crippen molar-refractivity contribution in [3.8, 4) is 5.75 Å². The molecule has 0 saturated heterocycles. The minimum Gasteiger partial charge on any atom is -0.507 e. The molecule has 0 aromatic heterocycles. The van der Waals surface area contributed by atoms with Gasteiger partial charge in [-0.05, 0) is 37.5 Å². The van der Waals surface area contributed by atoms with Crippen molar-refractivity contribution in [3.05, 3.63) is 27.3 Å². The maximum atomic E-state index is 10.7. The normalized spacial score (nSPS) is 12.6. The van der Waals surface area contributed by atoms with Gasteiger partial charge in [0.2, 0.25) is 0 Å². The van der Waals surface area contributed by atoms with Gasteiger partial charge in [-0.15, -0.1) is 0 Å². The van der Waals surface area contributed by atoms with E-state index in [0.717, 1.165) is 0 Å². The SMILES string of the molecule is Cc1c(C)c(Cl)c(C)c(C(O)C(=O)O)c1O. The van der Waals surface area contributed by atoms with Crippen LogP contribution in [0.4, 0.5) is 0 Å². The summed E-state index contributed by atoms with van der Waals surface area (Å²) in [5.41, 5.74) is 1.50. The molecule has 0 radical (unpaired) electrons. The van der Waals surface area contributed by atoms with Crippen LogP contribution in [0.3, 0.4) is 0 Å². The molecule has 1 aromatic carbocycles. The van der Waals surface area contributed by atoms with Crippen LogP contribution in [0.15, 0.2) is 0 Å². The number of aliphatic carboxylic acids is 1. The van der Waals surface area contributed by atoms with Gasteiger partial charge in [-0.2, -0.15) is 0 Å². The predicted octanol–water partition coefficient (Wildman–Crippen LogP) is 2.09. The molecule has 0 fully saturated rings. The van der Waals surface area contributed by atoms with E-state index in [2.05, 4.69) is 0 Å². The van der Waals surface area contributed by atoms with Gasteiger partial charge in [0, 0.05) is 10.6 Å². The van der Waals surface area contributed by atoms with Crippen LogP contribution in [0, 0.1) is 20.8 Å². The van der Waals surface area contributed by atoms with Crippen molar-refractivity contribution in [3.63, 3.8) is 0 Å². The lowest BCUT2D eigenvalue weighted by molar-refractivity contribution is -0.147. The van der Waals surface area contributed by atoms with Crippen LogP contribution in [-0.4, -0.2) is 21.3 Å². The van der Waals surface area contributed by atoms with Crippen LogP contribution < -0.4 is 0 Å². The van der Waals surface area contributed by atoms with E-state index in [-0.39, 0.29) is 11.3 Å². The Labute approximate surface area is 98.1 Å². The average Bonchev–Trinajstić information content (AvgIpc) is 2.23. The molecule has 0 amide bonds. The first-order valence-corrected chi connectivity index (χ1v) is 5.05. The highest BCUT2D eigenvalue weighted by Crippen LogP contribution is 2.38. The number of aromatic hydroxyl groups is 1. The van der Waals surface area contributed by atoms with Crippen molar-refractivity contribution in [1.82, 2.24) is 0 Å². The number of rotatable bonds is 2. The highest BCUT2D eigenvalue weighted by molar-refractivity contribution is 6.32. The molecule has 0 bridgehead atoms. The highest BCUT2D eigenvalue weighted by Gasteiger charge is 2.25. The standard InChI is InChI=1S/C11H13ClO4/c1-4-5(2)9(13)7(6(3)8(4)12)10(14)11(15)16/h10,13-14H,1-3H3,(H,15,16). The lowest BCUT2D eigenvalue weighted by atomic mass is 9.95. The van der Waals surface area contributed by atoms with E-state index in [0.29, 0.717) is 21.7 Å². The molecule has 0 spiro atoms. The summed E-state index contributed by atoms with van der Waals surface area (Å²) in [5, 5.41) is 28.4. The van der Waals surface area contributed by atoms with Gasteiger partial charge < -0.3 is 15.3 Å². The van der Waals surface area contributed by atoms with E-state index in [1.807, 2.05) is 0 Å². The van der Waals surface area contributed by atoms with Crippen molar-refractivity contribution in [2.24, 2.45) is 0 Å². The van der Waals surface area contributed by atoms with Crippen LogP contribution in [-0.2, 0) is 4.79 Å². The molecule has 3 N–H and O–H groups in total. The molecule has 88 valence electrons. The topological polar surface area (TPSA) is 77.8 Å². The minimum absolute atomic E-state index is 0.0411. The lowest BCUT2D eigenvalue weighted by Gasteiger charge is -2.17. The molecule has 0 aliphatic heterocycles. The third kappa shape index (κ3) is 1.86. The lowest BCUT2D eigenvalue weighted by Crippen LogP contribution is -2.13. The van der Waals surface area contributed by atoms with Crippen LogP contribution in [0.5, 0.6) is 5.75 Å². The fourth-order valence-corrected chi connectivity index (χ4v) is 1.82. The summed E-state index contributed by atoms with van der Waals surface area (Å²) in [7, 11) is 0. The fourth-order valence-electron chi connectivity index (χ4n) is 1.58. The van der Waals surface area contributed by atoms with Crippen molar-refractivity contribution in [1.29, 1.82) is 0 Å². The Morgan fingerprint density at radius 2 is 1.69 bits per heavy atom. The number of phenolic OH excluding ortho intramolecular Hbond substituents is 1. The zero-order valence-corrected chi connectivity index (χ0v) is 9.96. The van der Waals surface area contributed by atoms with Gasteiger partial charge in [0.15, 0.2) is 6.10 Å². The molecule has 0 saturated carbocycles. The maximum Gasteiger partial charge on any atom is 0.337 e. The third-order valence-corrected chi connectivity index (χ3v) is 3.31. The second-order valence-corrected chi connectivity index (χ2v) is 4.07. The highest BCUT2D eigenvalue weighted by atomic mass is 35.5. The summed E-state index contributed by atoms with van der Waals surface area (Å²) in [5.74, 6) is -1.63. The van der Waals surface area contributed by atoms with E-state index in [9.17, 15) is 15.0 Å². The minimum atomic E-state index is -1.77. The number of carboxylic acids is 1. The summed E-state index contributed by atoms with van der Waals surface area (Å²) < 4.78 is 0. The summed E-state index contributed by atoms with van der Waals surface area (Å²) in [6, 6.07) is 0. The number of halogens is 1. The van der Waals surface area contributed by atoms with E-state index in [4.69, 9.17) is 16.7 Å². The predicted molar refractivity (Wildman–Crippen MR) is 59.9 cm³/mol. The third-order valence-electron chi connectivity index (χ3n) is 2.74. The average molecular weight is 245 g/mol. The molecule has 5 heteroatoms. The molecule has 0 aliphatic rings. The molecular weight excluding hydrogens is 232 g/mol. The first-order chi connectivity index (χ1) is 7.29. The Kier molecular flexibility index (Phi) is 3.45. The smallest absolute Gasteiger partial charge is 0.337 e. The second-order valence-electron chi connectivity index (χ2n) is 3.69. The molecule has 1 rings (SSSR count). The summed E-state index contributed by atoms with van der Waals surface area (Å²) in [4.78, 5) is 10.7. The zero-order chi connectivity index (χ0) is 12.6. The molecule has 1 unspecified atom stereocenters. The van der Waals surface area contributed by atoms with Crippen molar-refractivity contribution < 1.29 is 20.1 Å². The van der Waals surface area contributed by atoms with Gasteiger partial charge in [0.05, 0.1) is 0 Å². The maximum absolute atomic E-state index is 10.7. The second kappa shape index (κ2) is 4.31. The molecular formula is C11H13ClO4. The number of carbonyl (C=O) groups is 1. The van der Waals surface area contributed by atoms with Gasteiger partial charge in [-0.3, -0.25) is 0 Å². The summed E-state index contributed by atoms with van der Waals surface area (Å²) in [6.07, 6.45) is -1.77. The van der Waals surface area contributed by atoms with Gasteiger partial charge in [-0.1, -0.05) is 11.6 Å². The molecule has 4 nitrogen and oxygen atoms in total. The number of carboxylic acid groups (broad SMARTS) is 1. The van der Waals surface area contributed by atoms with Crippen molar-refractivity contribution in [2.75, 3.05) is 0 Å². The largest absolute Gasteiger partial charge is 0.507 e. The number of hydrogen-bond donors (Lipinski definition) is 3. The van der Waals surface area contributed by atoms with Crippen LogP contribution >= 0.6 is 11.6 Å². The summed E-state index contributed by atoms with van der Waals surface area (Å²) in [6.45, 7) is 4.91. The van der Waals surface area contributed by atoms with Crippen LogP contribution in [0.25, 0.3) is 0 Å². The quantitative estimate of drug-likeness (QED) is 0.744. The van der Waals surface area contributed by atoms with Crippen molar-refractivity contribution in [2.45, 2.75) is 26.9 Å². The first-order valence-electron chi connectivity index (χ1n) is 4.68. The Hall–Kier alpha value is -1.26. The van der Waals surface area contributed by atoms with E-state index in [1.165, 1.54) is 0 Å². The van der Waals surface area contributed by atoms with Gasteiger partial charge in [0.1, 0.15) is 5.75 Å². The van der Waals surface area contributed by atoms with E-state index in [1.54, 1.807) is 20.8 Å². The van der Waals surface area contributed by atoms with E-state index < -0.39 is 12.1 Å². The first kappa shape index (κ1) is 12.8. The molecule has 1 atom stereocenters. The Bertz CT molecular complexity index is 425.